The Morgan fingerprint density at radius 1 is 1.37 bits per heavy atom. The van der Waals surface area contributed by atoms with Crippen LogP contribution < -0.4 is 5.32 Å². The van der Waals surface area contributed by atoms with Gasteiger partial charge in [0, 0.05) is 23.8 Å². The van der Waals surface area contributed by atoms with Crippen LogP contribution in [0.3, 0.4) is 0 Å². The lowest BCUT2D eigenvalue weighted by atomic mass is 10.0. The third-order valence-corrected chi connectivity index (χ3v) is 5.14. The molecule has 102 valence electrons. The summed E-state index contributed by atoms with van der Waals surface area (Å²) in [5.74, 6) is 0. The molecule has 1 fully saturated rings. The molecule has 0 spiro atoms. The molecular weight excluding hydrogens is 252 g/mol. The minimum absolute atomic E-state index is 0.706. The van der Waals surface area contributed by atoms with Crippen LogP contribution in [-0.4, -0.2) is 30.6 Å². The van der Waals surface area contributed by atoms with Gasteiger partial charge in [-0.05, 0) is 48.3 Å². The van der Waals surface area contributed by atoms with Gasteiger partial charge in [0.1, 0.15) is 0 Å². The molecule has 3 heteroatoms. The number of benzene rings is 1. The average molecular weight is 274 g/mol. The van der Waals surface area contributed by atoms with Gasteiger partial charge in [0.15, 0.2) is 0 Å². The molecular formula is C16H22N2S. The first kappa shape index (κ1) is 13.1. The quantitative estimate of drug-likeness (QED) is 0.918. The molecule has 1 aromatic heterocycles. The van der Waals surface area contributed by atoms with E-state index in [2.05, 4.69) is 46.8 Å². The molecule has 0 aliphatic carbocycles. The van der Waals surface area contributed by atoms with Crippen LogP contribution in [-0.2, 0) is 6.54 Å². The van der Waals surface area contributed by atoms with E-state index in [1.54, 1.807) is 0 Å². The predicted octanol–water partition coefficient (Wildman–Crippen LogP) is 3.48. The summed E-state index contributed by atoms with van der Waals surface area (Å²) >= 11 is 1.87. The van der Waals surface area contributed by atoms with Crippen LogP contribution >= 0.6 is 11.3 Å². The third kappa shape index (κ3) is 2.83. The highest BCUT2D eigenvalue weighted by molar-refractivity contribution is 7.17. The molecule has 0 amide bonds. The lowest BCUT2D eigenvalue weighted by Gasteiger charge is -2.33. The van der Waals surface area contributed by atoms with Crippen molar-refractivity contribution in [2.45, 2.75) is 32.4 Å². The molecule has 3 rings (SSSR count). The van der Waals surface area contributed by atoms with Crippen LogP contribution in [0.25, 0.3) is 10.1 Å². The molecule has 1 aliphatic heterocycles. The van der Waals surface area contributed by atoms with Gasteiger partial charge in [-0.2, -0.15) is 0 Å². The summed E-state index contributed by atoms with van der Waals surface area (Å²) in [4.78, 5) is 2.63. The monoisotopic (exact) mass is 274 g/mol. The van der Waals surface area contributed by atoms with Crippen molar-refractivity contribution in [1.29, 1.82) is 0 Å². The Kier molecular flexibility index (Phi) is 4.16. The number of rotatable bonds is 4. The number of hydrogen-bond acceptors (Lipinski definition) is 3. The second kappa shape index (κ2) is 6.04. The van der Waals surface area contributed by atoms with Crippen molar-refractivity contribution in [3.8, 4) is 0 Å². The van der Waals surface area contributed by atoms with E-state index >= 15 is 0 Å². The van der Waals surface area contributed by atoms with Crippen molar-refractivity contribution in [1.82, 2.24) is 10.2 Å². The van der Waals surface area contributed by atoms with Crippen LogP contribution in [0.5, 0.6) is 0 Å². The topological polar surface area (TPSA) is 15.3 Å². The maximum absolute atomic E-state index is 3.53. The Morgan fingerprint density at radius 2 is 2.26 bits per heavy atom. The highest BCUT2D eigenvalue weighted by Gasteiger charge is 2.20. The number of hydrogen-bond donors (Lipinski definition) is 1. The second-order valence-electron chi connectivity index (χ2n) is 5.32. The van der Waals surface area contributed by atoms with Crippen LogP contribution in [0.1, 0.15) is 25.3 Å². The minimum Gasteiger partial charge on any atom is -0.315 e. The van der Waals surface area contributed by atoms with Gasteiger partial charge in [-0.25, -0.2) is 0 Å². The van der Waals surface area contributed by atoms with E-state index in [9.17, 15) is 0 Å². The fourth-order valence-corrected chi connectivity index (χ4v) is 3.97. The molecule has 1 unspecified atom stereocenters. The molecule has 2 nitrogen and oxygen atoms in total. The zero-order chi connectivity index (χ0) is 13.1. The summed E-state index contributed by atoms with van der Waals surface area (Å²) < 4.78 is 1.41. The number of piperidine rings is 1. The van der Waals surface area contributed by atoms with Crippen molar-refractivity contribution in [3.63, 3.8) is 0 Å². The molecule has 0 radical (unpaired) electrons. The summed E-state index contributed by atoms with van der Waals surface area (Å²) in [6.45, 7) is 6.85. The summed E-state index contributed by atoms with van der Waals surface area (Å²) in [6.07, 6.45) is 2.65. The van der Waals surface area contributed by atoms with E-state index in [-0.39, 0.29) is 0 Å². The van der Waals surface area contributed by atoms with Gasteiger partial charge in [0.05, 0.1) is 0 Å². The fourth-order valence-electron chi connectivity index (χ4n) is 3.02. The highest BCUT2D eigenvalue weighted by Crippen LogP contribution is 2.27. The van der Waals surface area contributed by atoms with Gasteiger partial charge >= 0.3 is 0 Å². The van der Waals surface area contributed by atoms with E-state index in [0.717, 1.165) is 19.6 Å². The van der Waals surface area contributed by atoms with Crippen molar-refractivity contribution in [2.75, 3.05) is 19.6 Å². The third-order valence-electron chi connectivity index (χ3n) is 4.13. The van der Waals surface area contributed by atoms with Crippen molar-refractivity contribution in [3.05, 3.63) is 35.2 Å². The van der Waals surface area contributed by atoms with Crippen molar-refractivity contribution >= 4 is 21.4 Å². The van der Waals surface area contributed by atoms with Gasteiger partial charge in [0.2, 0.25) is 0 Å². The van der Waals surface area contributed by atoms with Gasteiger partial charge in [0.25, 0.3) is 0 Å². The Morgan fingerprint density at radius 3 is 3.05 bits per heavy atom. The summed E-state index contributed by atoms with van der Waals surface area (Å²) in [5.41, 5.74) is 1.49. The SMILES string of the molecule is CCN(Cc1csc2ccccc12)C1CCCNC1. The van der Waals surface area contributed by atoms with Crippen LogP contribution in [0, 0.1) is 0 Å². The predicted molar refractivity (Wildman–Crippen MR) is 83.8 cm³/mol. The summed E-state index contributed by atoms with van der Waals surface area (Å²) in [7, 11) is 0. The Labute approximate surface area is 119 Å². The number of nitrogens with one attached hydrogen (secondary N) is 1. The van der Waals surface area contributed by atoms with Crippen molar-refractivity contribution in [2.24, 2.45) is 0 Å². The molecule has 2 heterocycles. The average Bonchev–Trinajstić information content (AvgIpc) is 2.89. The molecule has 0 bridgehead atoms. The van der Waals surface area contributed by atoms with Crippen LogP contribution in [0.15, 0.2) is 29.6 Å². The number of thiophene rings is 1. The first-order valence-corrected chi connectivity index (χ1v) is 8.16. The fraction of sp³-hybridized carbons (Fsp3) is 0.500. The number of likely N-dealkylation sites (N-methyl/N-ethyl adjacent to an activating group) is 1. The maximum atomic E-state index is 3.53. The van der Waals surface area contributed by atoms with Crippen LogP contribution in [0.2, 0.25) is 0 Å². The smallest absolute Gasteiger partial charge is 0.0346 e. The molecule has 2 aromatic rings. The molecule has 19 heavy (non-hydrogen) atoms. The molecule has 1 atom stereocenters. The highest BCUT2D eigenvalue weighted by atomic mass is 32.1. The maximum Gasteiger partial charge on any atom is 0.0346 e. The zero-order valence-electron chi connectivity index (χ0n) is 11.6. The van der Waals surface area contributed by atoms with Crippen molar-refractivity contribution < 1.29 is 0 Å². The van der Waals surface area contributed by atoms with Crippen LogP contribution in [0.4, 0.5) is 0 Å². The first-order valence-electron chi connectivity index (χ1n) is 7.28. The zero-order valence-corrected chi connectivity index (χ0v) is 12.4. The Bertz CT molecular complexity index is 528. The van der Waals surface area contributed by atoms with E-state index in [1.807, 2.05) is 11.3 Å². The summed E-state index contributed by atoms with van der Waals surface area (Å²) in [6, 6.07) is 9.47. The molecule has 1 saturated heterocycles. The van der Waals surface area contributed by atoms with E-state index in [0.29, 0.717) is 6.04 Å². The minimum atomic E-state index is 0.706. The largest absolute Gasteiger partial charge is 0.315 e. The van der Waals surface area contributed by atoms with E-state index in [4.69, 9.17) is 0 Å². The molecule has 1 aliphatic rings. The Hall–Kier alpha value is -0.900. The number of fused-ring (bicyclic) bond motifs is 1. The normalized spacial score (nSPS) is 20.2. The van der Waals surface area contributed by atoms with Gasteiger partial charge in [-0.3, -0.25) is 4.90 Å². The first-order chi connectivity index (χ1) is 9.38. The molecule has 1 aromatic carbocycles. The lowest BCUT2D eigenvalue weighted by Crippen LogP contribution is -2.45. The number of nitrogens with zero attached hydrogens (tertiary/aromatic N) is 1. The summed E-state index contributed by atoms with van der Waals surface area (Å²) in [5, 5.41) is 7.30. The molecule has 1 N–H and O–H groups in total. The van der Waals surface area contributed by atoms with Gasteiger partial charge in [-0.1, -0.05) is 25.1 Å². The lowest BCUT2D eigenvalue weighted by molar-refractivity contribution is 0.167. The second-order valence-corrected chi connectivity index (χ2v) is 6.23. The van der Waals surface area contributed by atoms with E-state index in [1.165, 1.54) is 35.0 Å². The van der Waals surface area contributed by atoms with Gasteiger partial charge < -0.3 is 5.32 Å². The van der Waals surface area contributed by atoms with E-state index < -0.39 is 0 Å². The Balaban J connectivity index is 1.78. The van der Waals surface area contributed by atoms with Gasteiger partial charge in [-0.15, -0.1) is 11.3 Å². The molecule has 0 saturated carbocycles. The standard InChI is InChI=1S/C16H22N2S/c1-2-18(14-6-5-9-17-10-14)11-13-12-19-16-8-4-3-7-15(13)16/h3-4,7-8,12,14,17H,2,5-6,9-11H2,1H3.